The normalized spacial score (nSPS) is 16.0. The highest BCUT2D eigenvalue weighted by atomic mass is 32.2. The number of ether oxygens (including phenoxy) is 2. The molecule has 1 aliphatic rings. The quantitative estimate of drug-likeness (QED) is 0.291. The number of rotatable bonds is 9. The van der Waals surface area contributed by atoms with E-state index < -0.39 is 21.9 Å². The summed E-state index contributed by atoms with van der Waals surface area (Å²) < 4.78 is 43.0. The largest absolute Gasteiger partial charge is 0.448 e. The van der Waals surface area contributed by atoms with E-state index in [1.807, 2.05) is 20.0 Å². The van der Waals surface area contributed by atoms with E-state index in [-0.39, 0.29) is 27.7 Å². The van der Waals surface area contributed by atoms with E-state index in [1.54, 1.807) is 29.5 Å². The Morgan fingerprint density at radius 2 is 1.85 bits per heavy atom. The second-order valence-electron chi connectivity index (χ2n) is 9.45. The molecule has 1 N–H and O–H groups in total. The Bertz CT molecular complexity index is 1690. The molecule has 0 saturated carbocycles. The Morgan fingerprint density at radius 1 is 1.10 bits per heavy atom. The lowest BCUT2D eigenvalue weighted by Gasteiger charge is -2.33. The molecule has 5 heterocycles. The Kier molecular flexibility index (Phi) is 7.72. The summed E-state index contributed by atoms with van der Waals surface area (Å²) >= 11 is 0. The predicted octanol–water partition coefficient (Wildman–Crippen LogP) is 1.30. The minimum atomic E-state index is -3.86. The number of nitrogens with zero attached hydrogens (tertiary/aromatic N) is 8. The smallest absolute Gasteiger partial charge is 0.279 e. The fraction of sp³-hybridized carbons (Fsp3) is 0.480. The van der Waals surface area contributed by atoms with Crippen LogP contribution in [-0.2, 0) is 28.4 Å². The van der Waals surface area contributed by atoms with Crippen molar-refractivity contribution in [2.24, 2.45) is 7.05 Å². The first-order chi connectivity index (χ1) is 19.2. The summed E-state index contributed by atoms with van der Waals surface area (Å²) in [6.45, 7) is 9.26. The molecule has 1 saturated heterocycles. The molecule has 0 aliphatic carbocycles. The van der Waals surface area contributed by atoms with Gasteiger partial charge in [-0.05, 0) is 26.5 Å². The number of likely N-dealkylation sites (N-methyl/N-ethyl adjacent to an activating group) is 1. The molecule has 4 aromatic heterocycles. The molecule has 40 heavy (non-hydrogen) atoms. The van der Waals surface area contributed by atoms with Gasteiger partial charge in [0.1, 0.15) is 16.2 Å². The van der Waals surface area contributed by atoms with Crippen LogP contribution in [0.3, 0.4) is 0 Å². The second kappa shape index (κ2) is 11.1. The van der Waals surface area contributed by atoms with Crippen molar-refractivity contribution in [3.63, 3.8) is 0 Å². The van der Waals surface area contributed by atoms with E-state index in [9.17, 15) is 13.2 Å². The Morgan fingerprint density at radius 3 is 2.50 bits per heavy atom. The van der Waals surface area contributed by atoms with Gasteiger partial charge in [0, 0.05) is 58.6 Å². The van der Waals surface area contributed by atoms with Crippen LogP contribution in [0.15, 0.2) is 34.3 Å². The number of fused-ring (bicyclic) bond motifs is 1. The van der Waals surface area contributed by atoms with E-state index in [0.717, 1.165) is 12.1 Å². The van der Waals surface area contributed by atoms with Crippen molar-refractivity contribution < 1.29 is 17.9 Å². The molecular formula is C25H33N9O5S. The number of H-pyrrole nitrogens is 1. The second-order valence-corrected chi connectivity index (χ2v) is 11.4. The van der Waals surface area contributed by atoms with Gasteiger partial charge in [-0.15, -0.1) is 0 Å². The van der Waals surface area contributed by atoms with E-state index in [0.29, 0.717) is 43.9 Å². The van der Waals surface area contributed by atoms with Gasteiger partial charge in [0.25, 0.3) is 5.56 Å². The standard InChI is InChI=1S/C25H33N9O5S/c1-6-32-8-10-34(11-9-32)40(36,37)18-12-19(25(26-14-18)39-16(3)38-5)23-28-20-21(24(35)29-23)30-31(4)22(20)17-13-27-33(7-2)15-17/h12-16H,6-11H2,1-5H3,(H,28,29,35). The van der Waals surface area contributed by atoms with Crippen LogP contribution in [0.4, 0.5) is 0 Å². The predicted molar refractivity (Wildman–Crippen MR) is 147 cm³/mol. The molecule has 0 amide bonds. The summed E-state index contributed by atoms with van der Waals surface area (Å²) in [6, 6.07) is 1.43. The van der Waals surface area contributed by atoms with Crippen LogP contribution in [0.1, 0.15) is 20.8 Å². The molecule has 14 nitrogen and oxygen atoms in total. The number of hydrogen-bond donors (Lipinski definition) is 1. The number of pyridine rings is 1. The number of hydrogen-bond acceptors (Lipinski definition) is 10. The Balaban J connectivity index is 1.65. The Labute approximate surface area is 231 Å². The molecule has 4 aromatic rings. The average molecular weight is 572 g/mol. The molecule has 0 radical (unpaired) electrons. The van der Waals surface area contributed by atoms with Gasteiger partial charge in [0.05, 0.1) is 23.7 Å². The number of piperazine rings is 1. The summed E-state index contributed by atoms with van der Waals surface area (Å²) in [6.07, 6.45) is 4.10. The van der Waals surface area contributed by atoms with Crippen LogP contribution in [0, 0.1) is 0 Å². The number of sulfonamides is 1. The third kappa shape index (κ3) is 5.12. The number of nitrogens with one attached hydrogen (secondary N) is 1. The molecule has 1 aliphatic heterocycles. The van der Waals surface area contributed by atoms with Crippen LogP contribution in [0.25, 0.3) is 33.7 Å². The topological polar surface area (TPSA) is 153 Å². The van der Waals surface area contributed by atoms with Gasteiger partial charge in [-0.25, -0.2) is 18.4 Å². The highest BCUT2D eigenvalue weighted by Crippen LogP contribution is 2.32. The zero-order valence-corrected chi connectivity index (χ0v) is 24.0. The van der Waals surface area contributed by atoms with Gasteiger partial charge in [-0.1, -0.05) is 6.92 Å². The van der Waals surface area contributed by atoms with Crippen molar-refractivity contribution in [2.75, 3.05) is 39.8 Å². The van der Waals surface area contributed by atoms with Crippen LogP contribution >= 0.6 is 0 Å². The SMILES string of the molecule is CCN1CCN(S(=O)(=O)c2cnc(OC(C)OC)c(-c3nc4c(-c5cnn(CC)c5)n(C)nc4c(=O)[nH]3)c2)CC1. The van der Waals surface area contributed by atoms with Crippen molar-refractivity contribution in [3.8, 4) is 28.5 Å². The first-order valence-corrected chi connectivity index (χ1v) is 14.5. The fourth-order valence-electron chi connectivity index (χ4n) is 4.67. The van der Waals surface area contributed by atoms with Gasteiger partial charge in [-0.3, -0.25) is 14.2 Å². The number of aromatic amines is 1. The Hall–Kier alpha value is -3.66. The van der Waals surface area contributed by atoms with Crippen LogP contribution in [0.5, 0.6) is 5.88 Å². The summed E-state index contributed by atoms with van der Waals surface area (Å²) in [5.41, 5.74) is 1.53. The molecule has 5 rings (SSSR count). The lowest BCUT2D eigenvalue weighted by atomic mass is 10.2. The summed E-state index contributed by atoms with van der Waals surface area (Å²) in [5, 5.41) is 8.71. The highest BCUT2D eigenvalue weighted by Gasteiger charge is 2.30. The number of aromatic nitrogens is 7. The maximum atomic E-state index is 13.6. The van der Waals surface area contributed by atoms with Crippen molar-refractivity contribution in [2.45, 2.75) is 38.5 Å². The molecule has 1 atom stereocenters. The number of methoxy groups -OCH3 is 1. The lowest BCUT2D eigenvalue weighted by molar-refractivity contribution is -0.0406. The monoisotopic (exact) mass is 571 g/mol. The van der Waals surface area contributed by atoms with Crippen molar-refractivity contribution in [3.05, 3.63) is 35.0 Å². The van der Waals surface area contributed by atoms with Gasteiger partial charge in [0.2, 0.25) is 15.9 Å². The van der Waals surface area contributed by atoms with Crippen molar-refractivity contribution >= 4 is 21.1 Å². The van der Waals surface area contributed by atoms with Crippen molar-refractivity contribution in [1.29, 1.82) is 0 Å². The molecular weight excluding hydrogens is 538 g/mol. The van der Waals surface area contributed by atoms with Gasteiger partial charge < -0.3 is 19.4 Å². The average Bonchev–Trinajstić information content (AvgIpc) is 3.56. The fourth-order valence-corrected chi connectivity index (χ4v) is 6.06. The maximum Gasteiger partial charge on any atom is 0.279 e. The summed E-state index contributed by atoms with van der Waals surface area (Å²) in [4.78, 5) is 27.2. The lowest BCUT2D eigenvalue weighted by Crippen LogP contribution is -2.48. The highest BCUT2D eigenvalue weighted by molar-refractivity contribution is 7.89. The van der Waals surface area contributed by atoms with Crippen LogP contribution in [-0.4, -0.2) is 98.3 Å². The number of aryl methyl sites for hydroxylation is 2. The zero-order valence-electron chi connectivity index (χ0n) is 23.2. The molecule has 0 spiro atoms. The first kappa shape index (κ1) is 27.9. The molecule has 15 heteroatoms. The summed E-state index contributed by atoms with van der Waals surface area (Å²) in [7, 11) is -0.665. The maximum absolute atomic E-state index is 13.6. The zero-order chi connectivity index (χ0) is 28.6. The molecule has 0 aromatic carbocycles. The van der Waals surface area contributed by atoms with E-state index in [1.165, 1.54) is 23.7 Å². The van der Waals surface area contributed by atoms with E-state index >= 15 is 0 Å². The molecule has 1 unspecified atom stereocenters. The minimum absolute atomic E-state index is 0.0248. The molecule has 0 bridgehead atoms. The molecule has 1 fully saturated rings. The minimum Gasteiger partial charge on any atom is -0.448 e. The van der Waals surface area contributed by atoms with Gasteiger partial charge >= 0.3 is 0 Å². The molecule has 214 valence electrons. The summed E-state index contributed by atoms with van der Waals surface area (Å²) in [5.74, 6) is 0.157. The first-order valence-electron chi connectivity index (χ1n) is 13.1. The van der Waals surface area contributed by atoms with Crippen LogP contribution in [0.2, 0.25) is 0 Å². The van der Waals surface area contributed by atoms with E-state index in [2.05, 4.69) is 25.1 Å². The van der Waals surface area contributed by atoms with Crippen LogP contribution < -0.4 is 10.3 Å². The third-order valence-electron chi connectivity index (χ3n) is 7.03. The van der Waals surface area contributed by atoms with E-state index in [4.69, 9.17) is 14.5 Å². The van der Waals surface area contributed by atoms with Gasteiger partial charge in [-0.2, -0.15) is 14.5 Å². The van der Waals surface area contributed by atoms with Gasteiger partial charge in [0.15, 0.2) is 11.8 Å². The third-order valence-corrected chi connectivity index (χ3v) is 8.89. The van der Waals surface area contributed by atoms with Crippen molar-refractivity contribution in [1.82, 2.24) is 43.7 Å².